The zero-order chi connectivity index (χ0) is 24.7. The Bertz CT molecular complexity index is 1400. The fourth-order valence-electron chi connectivity index (χ4n) is 3.31. The van der Waals surface area contributed by atoms with Gasteiger partial charge < -0.3 is 14.5 Å². The van der Waals surface area contributed by atoms with Crippen molar-refractivity contribution in [2.45, 2.75) is 0 Å². The van der Waals surface area contributed by atoms with E-state index in [9.17, 15) is 27.2 Å². The second-order valence-corrected chi connectivity index (χ2v) is 7.64. The van der Waals surface area contributed by atoms with Gasteiger partial charge in [-0.05, 0) is 18.2 Å². The monoisotopic (exact) mass is 513 g/mol. The molecule has 174 valence electrons. The summed E-state index contributed by atoms with van der Waals surface area (Å²) < 4.78 is 81.5. The number of methoxy groups -OCH3 is 1. The number of nitrogens with one attached hydrogen (secondary N) is 1. The molecular formula is C22H10Cl2F5N3O2. The van der Waals surface area contributed by atoms with Crippen molar-refractivity contribution in [3.05, 3.63) is 91.8 Å². The molecule has 0 atom stereocenters. The second-order valence-electron chi connectivity index (χ2n) is 6.80. The average molecular weight is 514 g/mol. The molecule has 2 aliphatic heterocycles. The molecule has 2 aliphatic rings. The van der Waals surface area contributed by atoms with Crippen LogP contribution in [-0.2, 0) is 9.47 Å². The Labute approximate surface area is 198 Å². The van der Waals surface area contributed by atoms with Gasteiger partial charge in [-0.25, -0.2) is 26.9 Å². The SMILES string of the molecule is COC1=N/C(=C(\c2ccc(/C(C#N)=C3/OCC(Cl)=C3Cl)[nH]2)c2c(F)c(F)c(F)c(F)c2F)C=C1. The first kappa shape index (κ1) is 23.6. The summed E-state index contributed by atoms with van der Waals surface area (Å²) in [4.78, 5) is 6.75. The Kier molecular flexibility index (Phi) is 6.25. The third kappa shape index (κ3) is 3.77. The lowest BCUT2D eigenvalue weighted by atomic mass is 9.98. The molecule has 0 bridgehead atoms. The lowest BCUT2D eigenvalue weighted by Gasteiger charge is -2.13. The number of nitriles is 1. The largest absolute Gasteiger partial charge is 0.485 e. The fraction of sp³-hybridized carbons (Fsp3) is 0.0909. The predicted octanol–water partition coefficient (Wildman–Crippen LogP) is 6.04. The highest BCUT2D eigenvalue weighted by Crippen LogP contribution is 2.39. The van der Waals surface area contributed by atoms with Gasteiger partial charge in [0.15, 0.2) is 29.0 Å². The molecule has 0 aliphatic carbocycles. The summed E-state index contributed by atoms with van der Waals surface area (Å²) in [5.74, 6) is -10.7. The van der Waals surface area contributed by atoms with E-state index in [2.05, 4.69) is 9.98 Å². The van der Waals surface area contributed by atoms with Gasteiger partial charge >= 0.3 is 0 Å². The maximum atomic E-state index is 14.7. The van der Waals surface area contributed by atoms with Gasteiger partial charge in [-0.15, -0.1) is 0 Å². The van der Waals surface area contributed by atoms with E-state index in [0.29, 0.717) is 0 Å². The molecule has 4 rings (SSSR count). The van der Waals surface area contributed by atoms with Crippen molar-refractivity contribution in [2.24, 2.45) is 4.99 Å². The predicted molar refractivity (Wildman–Crippen MR) is 114 cm³/mol. The van der Waals surface area contributed by atoms with Crippen LogP contribution in [0.2, 0.25) is 0 Å². The van der Waals surface area contributed by atoms with Gasteiger partial charge in [0.05, 0.1) is 29.1 Å². The van der Waals surface area contributed by atoms with E-state index < -0.39 is 40.2 Å². The lowest BCUT2D eigenvalue weighted by molar-refractivity contribution is 0.278. The minimum Gasteiger partial charge on any atom is -0.485 e. The van der Waals surface area contributed by atoms with Gasteiger partial charge in [-0.3, -0.25) is 0 Å². The van der Waals surface area contributed by atoms with Crippen molar-refractivity contribution in [1.29, 1.82) is 5.26 Å². The molecule has 0 unspecified atom stereocenters. The zero-order valence-corrected chi connectivity index (χ0v) is 18.4. The second kappa shape index (κ2) is 9.00. The van der Waals surface area contributed by atoms with Gasteiger partial charge in [0.2, 0.25) is 11.7 Å². The number of hydrogen-bond donors (Lipinski definition) is 1. The summed E-state index contributed by atoms with van der Waals surface area (Å²) in [6, 6.07) is 4.50. The summed E-state index contributed by atoms with van der Waals surface area (Å²) in [5.41, 5.74) is -1.96. The molecule has 0 saturated heterocycles. The van der Waals surface area contributed by atoms with E-state index in [4.69, 9.17) is 32.7 Å². The molecule has 12 heteroatoms. The maximum absolute atomic E-state index is 14.7. The summed E-state index contributed by atoms with van der Waals surface area (Å²) in [5, 5.41) is 9.79. The molecule has 0 spiro atoms. The molecule has 1 N–H and O–H groups in total. The van der Waals surface area contributed by atoms with Gasteiger partial charge in [0.25, 0.3) is 0 Å². The van der Waals surface area contributed by atoms with Crippen molar-refractivity contribution in [1.82, 2.24) is 4.98 Å². The molecule has 1 aromatic heterocycles. The van der Waals surface area contributed by atoms with E-state index in [-0.39, 0.29) is 51.0 Å². The van der Waals surface area contributed by atoms with Gasteiger partial charge in [0, 0.05) is 17.3 Å². The molecule has 0 radical (unpaired) electrons. The van der Waals surface area contributed by atoms with Gasteiger partial charge in [-0.2, -0.15) is 5.26 Å². The third-order valence-corrected chi connectivity index (χ3v) is 5.68. The highest BCUT2D eigenvalue weighted by atomic mass is 35.5. The molecular weight excluding hydrogens is 504 g/mol. The van der Waals surface area contributed by atoms with Crippen LogP contribution in [0.15, 0.2) is 50.8 Å². The molecule has 2 aromatic rings. The van der Waals surface area contributed by atoms with E-state index in [0.717, 1.165) is 0 Å². The Morgan fingerprint density at radius 2 is 1.65 bits per heavy atom. The maximum Gasteiger partial charge on any atom is 0.213 e. The van der Waals surface area contributed by atoms with Crippen LogP contribution in [0.4, 0.5) is 22.0 Å². The van der Waals surface area contributed by atoms with Crippen LogP contribution in [-0.4, -0.2) is 24.6 Å². The highest BCUT2D eigenvalue weighted by Gasteiger charge is 2.31. The van der Waals surface area contributed by atoms with Crippen LogP contribution >= 0.6 is 23.2 Å². The summed E-state index contributed by atoms with van der Waals surface area (Å²) in [7, 11) is 1.28. The Hall–Kier alpha value is -3.55. The average Bonchev–Trinajstić information content (AvgIpc) is 3.57. The Morgan fingerprint density at radius 3 is 2.18 bits per heavy atom. The molecule has 1 aromatic carbocycles. The molecule has 0 fully saturated rings. The number of allylic oxidation sites excluding steroid dienone is 3. The molecule has 34 heavy (non-hydrogen) atoms. The number of halogens is 7. The van der Waals surface area contributed by atoms with Crippen LogP contribution in [0.1, 0.15) is 17.0 Å². The van der Waals surface area contributed by atoms with Crippen LogP contribution in [0.5, 0.6) is 0 Å². The van der Waals surface area contributed by atoms with Crippen molar-refractivity contribution in [3.8, 4) is 6.07 Å². The number of aliphatic imine (C=N–C) groups is 1. The van der Waals surface area contributed by atoms with Crippen molar-refractivity contribution < 1.29 is 31.4 Å². The lowest BCUT2D eigenvalue weighted by Crippen LogP contribution is -2.08. The van der Waals surface area contributed by atoms with Gasteiger partial charge in [0.1, 0.15) is 23.3 Å². The van der Waals surface area contributed by atoms with E-state index in [1.165, 1.54) is 31.4 Å². The summed E-state index contributed by atoms with van der Waals surface area (Å²) in [6.45, 7) is -0.0619. The number of benzene rings is 1. The smallest absolute Gasteiger partial charge is 0.213 e. The number of aromatic amines is 1. The molecule has 3 heterocycles. The van der Waals surface area contributed by atoms with E-state index >= 15 is 0 Å². The number of ether oxygens (including phenoxy) is 2. The highest BCUT2D eigenvalue weighted by molar-refractivity contribution is 6.41. The standard InChI is InChI=1S/C22H10Cl2F5N3O2/c1-33-13-5-4-12(32-13)14(15-17(25)19(27)21(29)20(28)18(15)26)11-3-2-10(31-11)8(6-30)22-16(24)9(23)7-34-22/h2-5,31H,7H2,1H3/b14-12+,22-8+. The molecule has 0 amide bonds. The number of H-pyrrole nitrogens is 1. The Morgan fingerprint density at radius 1 is 1.03 bits per heavy atom. The normalized spacial score (nSPS) is 18.1. The Balaban J connectivity index is 1.98. The summed E-state index contributed by atoms with van der Waals surface area (Å²) >= 11 is 12.0. The fourth-order valence-corrected chi connectivity index (χ4v) is 3.65. The first-order valence-corrected chi connectivity index (χ1v) is 10.0. The van der Waals surface area contributed by atoms with Gasteiger partial charge in [-0.1, -0.05) is 23.2 Å². The number of rotatable bonds is 3. The third-order valence-electron chi connectivity index (χ3n) is 4.88. The minimum absolute atomic E-state index is 0.000716. The first-order chi connectivity index (χ1) is 16.2. The first-order valence-electron chi connectivity index (χ1n) is 9.27. The van der Waals surface area contributed by atoms with Crippen molar-refractivity contribution >= 4 is 40.2 Å². The minimum atomic E-state index is -2.30. The summed E-state index contributed by atoms with van der Waals surface area (Å²) in [6.07, 6.45) is 2.61. The quantitative estimate of drug-likeness (QED) is 0.235. The van der Waals surface area contributed by atoms with Crippen molar-refractivity contribution in [2.75, 3.05) is 13.7 Å². The van der Waals surface area contributed by atoms with Crippen LogP contribution < -0.4 is 0 Å². The topological polar surface area (TPSA) is 70.4 Å². The van der Waals surface area contributed by atoms with E-state index in [1.807, 2.05) is 6.07 Å². The van der Waals surface area contributed by atoms with E-state index in [1.54, 1.807) is 0 Å². The number of hydrogen-bond acceptors (Lipinski definition) is 4. The molecule has 5 nitrogen and oxygen atoms in total. The number of aromatic nitrogens is 1. The van der Waals surface area contributed by atoms with Crippen LogP contribution in [0.25, 0.3) is 11.1 Å². The zero-order valence-electron chi connectivity index (χ0n) is 16.9. The number of nitrogens with zero attached hydrogens (tertiary/aromatic N) is 2. The van der Waals surface area contributed by atoms with Crippen molar-refractivity contribution in [3.63, 3.8) is 0 Å². The molecule has 0 saturated carbocycles. The van der Waals surface area contributed by atoms with Crippen LogP contribution in [0, 0.1) is 40.4 Å². The van der Waals surface area contributed by atoms with Crippen LogP contribution in [0.3, 0.4) is 0 Å².